The summed E-state index contributed by atoms with van der Waals surface area (Å²) in [4.78, 5) is 0. The predicted octanol–water partition coefficient (Wildman–Crippen LogP) is 4.01. The zero-order valence-electron chi connectivity index (χ0n) is 7.81. The third kappa shape index (κ3) is 2.03. The summed E-state index contributed by atoms with van der Waals surface area (Å²) in [5.74, 6) is -1.35. The maximum absolute atomic E-state index is 13.0. The van der Waals surface area contributed by atoms with Crippen molar-refractivity contribution in [1.29, 1.82) is 0 Å². The van der Waals surface area contributed by atoms with E-state index in [2.05, 4.69) is 5.16 Å². The molecule has 0 spiro atoms. The van der Waals surface area contributed by atoms with E-state index in [-0.39, 0.29) is 22.4 Å². The van der Waals surface area contributed by atoms with E-state index in [9.17, 15) is 8.78 Å². The van der Waals surface area contributed by atoms with E-state index < -0.39 is 11.6 Å². The van der Waals surface area contributed by atoms with Crippen molar-refractivity contribution in [2.45, 2.75) is 5.88 Å². The molecule has 6 heteroatoms. The lowest BCUT2D eigenvalue weighted by Crippen LogP contribution is -1.87. The Bertz CT molecular complexity index is 507. The van der Waals surface area contributed by atoms with Gasteiger partial charge < -0.3 is 4.52 Å². The molecule has 0 radical (unpaired) electrons. The Morgan fingerprint density at radius 2 is 1.81 bits per heavy atom. The number of benzene rings is 1. The first-order valence-electron chi connectivity index (χ1n) is 4.28. The second-order valence-corrected chi connectivity index (χ2v) is 3.69. The summed E-state index contributed by atoms with van der Waals surface area (Å²) in [6, 6.07) is 3.03. The first-order valence-corrected chi connectivity index (χ1v) is 5.19. The van der Waals surface area contributed by atoms with E-state index in [1.165, 1.54) is 0 Å². The average Bonchev–Trinajstić information content (AvgIpc) is 2.58. The summed E-state index contributed by atoms with van der Waals surface area (Å²) in [7, 11) is 0. The molecule has 84 valence electrons. The van der Waals surface area contributed by atoms with Gasteiger partial charge in [0, 0.05) is 11.6 Å². The first-order chi connectivity index (χ1) is 7.61. The van der Waals surface area contributed by atoms with Crippen LogP contribution >= 0.6 is 23.2 Å². The van der Waals surface area contributed by atoms with Crippen LogP contribution in [0.3, 0.4) is 0 Å². The fraction of sp³-hybridized carbons (Fsp3) is 0.100. The van der Waals surface area contributed by atoms with Crippen LogP contribution < -0.4 is 0 Å². The number of hydrogen-bond donors (Lipinski definition) is 0. The summed E-state index contributed by atoms with van der Waals surface area (Å²) < 4.78 is 30.7. The molecular formula is C10H5Cl2F2NO. The molecule has 2 nitrogen and oxygen atoms in total. The third-order valence-corrected chi connectivity index (χ3v) is 2.57. The van der Waals surface area contributed by atoms with Crippen LogP contribution in [0.4, 0.5) is 8.78 Å². The van der Waals surface area contributed by atoms with Gasteiger partial charge in [0.1, 0.15) is 17.3 Å². The number of hydrogen-bond acceptors (Lipinski definition) is 2. The largest absolute Gasteiger partial charge is 0.343 e. The van der Waals surface area contributed by atoms with Crippen LogP contribution in [0.1, 0.15) is 5.56 Å². The standard InChI is InChI=1S/C10H5Cl2F2NO/c11-4-8-9(15-16-10(8)12)5-1-6(13)3-7(14)2-5/h1-3H,4H2. The molecule has 2 rings (SSSR count). The molecule has 0 N–H and O–H groups in total. The molecule has 16 heavy (non-hydrogen) atoms. The molecule has 2 aromatic rings. The Balaban J connectivity index is 2.58. The van der Waals surface area contributed by atoms with Gasteiger partial charge in [-0.05, 0) is 23.7 Å². The minimum atomic E-state index is -0.699. The van der Waals surface area contributed by atoms with Crippen LogP contribution in [0, 0.1) is 11.6 Å². The highest BCUT2D eigenvalue weighted by molar-refractivity contribution is 6.31. The van der Waals surface area contributed by atoms with E-state index >= 15 is 0 Å². The molecule has 0 aliphatic heterocycles. The van der Waals surface area contributed by atoms with Crippen LogP contribution in [0.15, 0.2) is 22.7 Å². The van der Waals surface area contributed by atoms with Crippen molar-refractivity contribution in [2.75, 3.05) is 0 Å². The maximum atomic E-state index is 13.0. The normalized spacial score (nSPS) is 10.8. The second kappa shape index (κ2) is 4.39. The lowest BCUT2D eigenvalue weighted by Gasteiger charge is -1.99. The van der Waals surface area contributed by atoms with E-state index in [1.54, 1.807) is 0 Å². The Morgan fingerprint density at radius 1 is 1.19 bits per heavy atom. The van der Waals surface area contributed by atoms with Gasteiger partial charge in [-0.2, -0.15) is 0 Å². The van der Waals surface area contributed by atoms with Crippen molar-refractivity contribution in [2.24, 2.45) is 0 Å². The first kappa shape index (κ1) is 11.4. The maximum Gasteiger partial charge on any atom is 0.231 e. The molecule has 0 atom stereocenters. The molecule has 0 saturated carbocycles. The van der Waals surface area contributed by atoms with Gasteiger partial charge in [-0.15, -0.1) is 11.6 Å². The fourth-order valence-electron chi connectivity index (χ4n) is 1.32. The predicted molar refractivity (Wildman–Crippen MR) is 56.4 cm³/mol. The minimum absolute atomic E-state index is 0.0228. The number of alkyl halides is 1. The van der Waals surface area contributed by atoms with Gasteiger partial charge in [-0.25, -0.2) is 8.78 Å². The van der Waals surface area contributed by atoms with Crippen molar-refractivity contribution in [3.63, 3.8) is 0 Å². The molecule has 1 heterocycles. The number of rotatable bonds is 2. The molecule has 0 saturated heterocycles. The average molecular weight is 264 g/mol. The lowest BCUT2D eigenvalue weighted by molar-refractivity contribution is 0.423. The molecular weight excluding hydrogens is 259 g/mol. The van der Waals surface area contributed by atoms with Gasteiger partial charge in [0.25, 0.3) is 0 Å². The second-order valence-electron chi connectivity index (χ2n) is 3.08. The van der Waals surface area contributed by atoms with Gasteiger partial charge >= 0.3 is 0 Å². The Kier molecular flexibility index (Phi) is 3.12. The molecule has 0 bridgehead atoms. The quantitative estimate of drug-likeness (QED) is 0.766. The molecule has 0 unspecified atom stereocenters. The summed E-state index contributed by atoms with van der Waals surface area (Å²) in [6.07, 6.45) is 0. The van der Waals surface area contributed by atoms with E-state index in [0.29, 0.717) is 5.56 Å². The molecule has 0 amide bonds. The van der Waals surface area contributed by atoms with Gasteiger partial charge in [0.05, 0.1) is 11.4 Å². The minimum Gasteiger partial charge on any atom is -0.343 e. The topological polar surface area (TPSA) is 26.0 Å². The Labute approximate surface area is 99.8 Å². The third-order valence-electron chi connectivity index (χ3n) is 2.01. The van der Waals surface area contributed by atoms with E-state index in [1.807, 2.05) is 0 Å². The monoisotopic (exact) mass is 263 g/mol. The van der Waals surface area contributed by atoms with Crippen LogP contribution in [0.5, 0.6) is 0 Å². The highest BCUT2D eigenvalue weighted by atomic mass is 35.5. The fourth-order valence-corrected chi connectivity index (χ4v) is 1.83. The van der Waals surface area contributed by atoms with E-state index in [0.717, 1.165) is 18.2 Å². The van der Waals surface area contributed by atoms with Crippen molar-refractivity contribution < 1.29 is 13.3 Å². The molecule has 1 aromatic carbocycles. The molecule has 0 aliphatic rings. The van der Waals surface area contributed by atoms with Gasteiger partial charge in [0.15, 0.2) is 0 Å². The van der Waals surface area contributed by atoms with Crippen LogP contribution in [-0.4, -0.2) is 5.16 Å². The van der Waals surface area contributed by atoms with Gasteiger partial charge in [0.2, 0.25) is 5.22 Å². The summed E-state index contributed by atoms with van der Waals surface area (Å²) in [6.45, 7) is 0. The Hall–Kier alpha value is -1.13. The number of nitrogens with zero attached hydrogens (tertiary/aromatic N) is 1. The SMILES string of the molecule is Fc1cc(F)cc(-c2noc(Cl)c2CCl)c1. The molecule has 1 aromatic heterocycles. The number of halogens is 4. The van der Waals surface area contributed by atoms with E-state index in [4.69, 9.17) is 27.7 Å². The number of aromatic nitrogens is 1. The molecule has 0 fully saturated rings. The van der Waals surface area contributed by atoms with Gasteiger partial charge in [-0.1, -0.05) is 5.16 Å². The lowest BCUT2D eigenvalue weighted by atomic mass is 10.1. The molecule has 0 aliphatic carbocycles. The smallest absolute Gasteiger partial charge is 0.231 e. The van der Waals surface area contributed by atoms with Crippen LogP contribution in [0.2, 0.25) is 5.22 Å². The van der Waals surface area contributed by atoms with Crippen LogP contribution in [-0.2, 0) is 5.88 Å². The highest BCUT2D eigenvalue weighted by Crippen LogP contribution is 2.30. The zero-order chi connectivity index (χ0) is 11.7. The van der Waals surface area contributed by atoms with Gasteiger partial charge in [-0.3, -0.25) is 0 Å². The highest BCUT2D eigenvalue weighted by Gasteiger charge is 2.16. The van der Waals surface area contributed by atoms with Crippen molar-refractivity contribution >= 4 is 23.2 Å². The Morgan fingerprint density at radius 3 is 2.38 bits per heavy atom. The van der Waals surface area contributed by atoms with Crippen molar-refractivity contribution in [3.05, 3.63) is 40.6 Å². The van der Waals surface area contributed by atoms with Crippen molar-refractivity contribution in [3.8, 4) is 11.3 Å². The van der Waals surface area contributed by atoms with Crippen LogP contribution in [0.25, 0.3) is 11.3 Å². The van der Waals surface area contributed by atoms with Crippen molar-refractivity contribution in [1.82, 2.24) is 5.16 Å². The summed E-state index contributed by atoms with van der Waals surface area (Å²) in [5.41, 5.74) is 0.899. The summed E-state index contributed by atoms with van der Waals surface area (Å²) in [5, 5.41) is 3.64. The zero-order valence-corrected chi connectivity index (χ0v) is 9.32. The summed E-state index contributed by atoms with van der Waals surface area (Å²) >= 11 is 11.3.